The second-order valence-electron chi connectivity index (χ2n) is 16.8. The van der Waals surface area contributed by atoms with Crippen LogP contribution in [0.25, 0.3) is 90.0 Å². The van der Waals surface area contributed by atoms with Crippen molar-refractivity contribution in [2.24, 2.45) is 5.92 Å². The van der Waals surface area contributed by atoms with E-state index in [9.17, 15) is 0 Å². The van der Waals surface area contributed by atoms with E-state index in [0.29, 0.717) is 34.9 Å². The predicted molar refractivity (Wildman–Crippen MR) is 258 cm³/mol. The van der Waals surface area contributed by atoms with Gasteiger partial charge in [0.2, 0.25) is 0 Å². The molecule has 6 heteroatoms. The van der Waals surface area contributed by atoms with Crippen LogP contribution in [0.4, 0.5) is 0 Å². The van der Waals surface area contributed by atoms with Gasteiger partial charge in [-0.2, -0.15) is 0 Å². The molecule has 0 radical (unpaired) electrons. The van der Waals surface area contributed by atoms with Crippen molar-refractivity contribution in [2.75, 3.05) is 0 Å². The molecule has 0 spiro atoms. The van der Waals surface area contributed by atoms with Crippen molar-refractivity contribution < 1.29 is 0 Å². The topological polar surface area (TPSA) is 77.3 Å². The van der Waals surface area contributed by atoms with Gasteiger partial charge in [0.1, 0.15) is 0 Å². The summed E-state index contributed by atoms with van der Waals surface area (Å²) < 4.78 is 0. The predicted octanol–water partition coefficient (Wildman–Crippen LogP) is 14.0. The summed E-state index contributed by atoms with van der Waals surface area (Å²) in [4.78, 5) is 30.1. The minimum Gasteiger partial charge on any atom is -0.209 e. The zero-order chi connectivity index (χ0) is 43.0. The van der Waals surface area contributed by atoms with Crippen molar-refractivity contribution in [3.05, 3.63) is 204 Å². The molecule has 0 saturated carbocycles. The SMILES string of the molecule is Cc1ccc(-c2nc(C3=CC=C(c4cccc5cccc(-c6ccc(-c7nc(-c8ccc(C)cc8)nc(-c8ccc(C)cc8)n7)cc6)c45)C(C)C3)nc(-c3ccc(C)cc3)n2)cc1. The smallest absolute Gasteiger partial charge is 0.164 e. The minimum atomic E-state index is 0.211. The molecule has 0 aliphatic heterocycles. The molecule has 7 aromatic carbocycles. The first kappa shape index (κ1) is 39.4. The van der Waals surface area contributed by atoms with E-state index in [0.717, 1.165) is 45.4 Å². The van der Waals surface area contributed by atoms with Crippen molar-refractivity contribution in [3.63, 3.8) is 0 Å². The standard InChI is InChI=1S/C57H46N6/c1-35-12-20-42(21-13-35)52-58-53(43-22-14-36(2)15-23-43)60-56(59-52)46-30-28-40(29-31-46)49-10-6-8-41-9-7-11-50(51(41)49)48-33-32-47(34-39(48)5)57-62-54(44-24-16-37(3)17-25-44)61-55(63-57)45-26-18-38(4)19-27-45/h6-33,39H,34H2,1-5H3. The van der Waals surface area contributed by atoms with Crippen molar-refractivity contribution in [1.29, 1.82) is 0 Å². The number of fused-ring (bicyclic) bond motifs is 1. The molecular formula is C57H46N6. The Hall–Kier alpha value is -7.70. The summed E-state index contributed by atoms with van der Waals surface area (Å²) in [6.45, 7) is 10.7. The van der Waals surface area contributed by atoms with Gasteiger partial charge in [-0.05, 0) is 78.6 Å². The van der Waals surface area contributed by atoms with Gasteiger partial charge in [-0.1, -0.05) is 199 Å². The molecule has 0 fully saturated rings. The van der Waals surface area contributed by atoms with Gasteiger partial charge >= 0.3 is 0 Å². The van der Waals surface area contributed by atoms with E-state index < -0.39 is 0 Å². The number of allylic oxidation sites excluding steroid dienone is 4. The summed E-state index contributed by atoms with van der Waals surface area (Å²) in [6, 6.07) is 55.3. The van der Waals surface area contributed by atoms with Gasteiger partial charge in [-0.3, -0.25) is 0 Å². The van der Waals surface area contributed by atoms with Gasteiger partial charge in [0.25, 0.3) is 0 Å². The monoisotopic (exact) mass is 814 g/mol. The summed E-state index contributed by atoms with van der Waals surface area (Å²) in [5.74, 6) is 4.23. The molecule has 0 amide bonds. The van der Waals surface area contributed by atoms with Crippen LogP contribution in [0.3, 0.4) is 0 Å². The Kier molecular flexibility index (Phi) is 10.4. The number of hydrogen-bond donors (Lipinski definition) is 0. The summed E-state index contributed by atoms with van der Waals surface area (Å²) in [7, 11) is 0. The zero-order valence-electron chi connectivity index (χ0n) is 36.1. The number of nitrogens with zero attached hydrogens (tertiary/aromatic N) is 6. The first-order valence-electron chi connectivity index (χ1n) is 21.6. The highest BCUT2D eigenvalue weighted by Crippen LogP contribution is 2.42. The highest BCUT2D eigenvalue weighted by atomic mass is 15.0. The second kappa shape index (κ2) is 16.6. The molecule has 2 heterocycles. The number of rotatable bonds is 8. The largest absolute Gasteiger partial charge is 0.209 e. The van der Waals surface area contributed by atoms with Crippen LogP contribution in [0.1, 0.15) is 47.0 Å². The normalized spacial score (nSPS) is 13.8. The maximum atomic E-state index is 5.08. The molecule has 1 atom stereocenters. The van der Waals surface area contributed by atoms with E-state index >= 15 is 0 Å². The highest BCUT2D eigenvalue weighted by Gasteiger charge is 2.23. The molecule has 1 unspecified atom stereocenters. The van der Waals surface area contributed by atoms with E-state index in [2.05, 4.69) is 204 Å². The fraction of sp³-hybridized carbons (Fsp3) is 0.123. The Bertz CT molecular complexity index is 3070. The number of hydrogen-bond acceptors (Lipinski definition) is 6. The van der Waals surface area contributed by atoms with Crippen molar-refractivity contribution in [1.82, 2.24) is 29.9 Å². The highest BCUT2D eigenvalue weighted by molar-refractivity contribution is 6.05. The van der Waals surface area contributed by atoms with Crippen LogP contribution in [-0.4, -0.2) is 29.9 Å². The molecule has 2 aromatic heterocycles. The molecule has 6 nitrogen and oxygen atoms in total. The van der Waals surface area contributed by atoms with E-state index in [1.807, 2.05) is 0 Å². The van der Waals surface area contributed by atoms with Crippen LogP contribution < -0.4 is 0 Å². The minimum absolute atomic E-state index is 0.211. The van der Waals surface area contributed by atoms with Crippen LogP contribution in [0.2, 0.25) is 0 Å². The number of aryl methyl sites for hydroxylation is 4. The van der Waals surface area contributed by atoms with Crippen LogP contribution in [-0.2, 0) is 0 Å². The van der Waals surface area contributed by atoms with Gasteiger partial charge in [0, 0.05) is 27.8 Å². The molecule has 1 aliphatic carbocycles. The lowest BCUT2D eigenvalue weighted by Crippen LogP contribution is -2.09. The third-order valence-electron chi connectivity index (χ3n) is 12.0. The Balaban J connectivity index is 1.02. The third-order valence-corrected chi connectivity index (χ3v) is 12.0. The molecule has 63 heavy (non-hydrogen) atoms. The van der Waals surface area contributed by atoms with Crippen molar-refractivity contribution in [3.8, 4) is 68.1 Å². The summed E-state index contributed by atoms with van der Waals surface area (Å²) >= 11 is 0. The van der Waals surface area contributed by atoms with E-state index in [4.69, 9.17) is 29.9 Å². The quantitative estimate of drug-likeness (QED) is 0.152. The first-order chi connectivity index (χ1) is 30.7. The molecular weight excluding hydrogens is 769 g/mol. The van der Waals surface area contributed by atoms with Gasteiger partial charge in [0.15, 0.2) is 34.9 Å². The van der Waals surface area contributed by atoms with Gasteiger partial charge < -0.3 is 0 Å². The lowest BCUT2D eigenvalue weighted by atomic mass is 9.81. The van der Waals surface area contributed by atoms with E-state index in [-0.39, 0.29) is 5.92 Å². The summed E-state index contributed by atoms with van der Waals surface area (Å²) in [5, 5.41) is 2.43. The molecule has 1 aliphatic rings. The fourth-order valence-electron chi connectivity index (χ4n) is 8.36. The Morgan fingerprint density at radius 1 is 0.349 bits per heavy atom. The van der Waals surface area contributed by atoms with E-state index in [1.165, 1.54) is 49.7 Å². The van der Waals surface area contributed by atoms with E-state index in [1.54, 1.807) is 0 Å². The average molecular weight is 815 g/mol. The zero-order valence-corrected chi connectivity index (χ0v) is 36.1. The second-order valence-corrected chi connectivity index (χ2v) is 16.8. The van der Waals surface area contributed by atoms with Crippen LogP contribution in [0, 0.1) is 33.6 Å². The Labute approximate surface area is 368 Å². The van der Waals surface area contributed by atoms with Crippen molar-refractivity contribution >= 4 is 21.9 Å². The first-order valence-corrected chi connectivity index (χ1v) is 21.6. The fourth-order valence-corrected chi connectivity index (χ4v) is 8.36. The van der Waals surface area contributed by atoms with Crippen LogP contribution in [0.5, 0.6) is 0 Å². The van der Waals surface area contributed by atoms with Crippen molar-refractivity contribution in [2.45, 2.75) is 41.0 Å². The maximum absolute atomic E-state index is 5.08. The van der Waals surface area contributed by atoms with Gasteiger partial charge in [-0.15, -0.1) is 0 Å². The molecule has 304 valence electrons. The van der Waals surface area contributed by atoms with Gasteiger partial charge in [-0.25, -0.2) is 29.9 Å². The van der Waals surface area contributed by atoms with Crippen LogP contribution in [0.15, 0.2) is 170 Å². The third kappa shape index (κ3) is 8.11. The molecule has 9 aromatic rings. The van der Waals surface area contributed by atoms with Gasteiger partial charge in [0.05, 0.1) is 0 Å². The number of benzene rings is 7. The molecule has 0 bridgehead atoms. The molecule has 0 N–H and O–H groups in total. The molecule has 0 saturated heterocycles. The lowest BCUT2D eigenvalue weighted by molar-refractivity contribution is 0.764. The Morgan fingerprint density at radius 3 is 1.06 bits per heavy atom. The van der Waals surface area contributed by atoms with Crippen LogP contribution >= 0.6 is 0 Å². The maximum Gasteiger partial charge on any atom is 0.164 e. The summed E-state index contributed by atoms with van der Waals surface area (Å²) in [5.41, 5.74) is 15.5. The Morgan fingerprint density at radius 2 is 0.683 bits per heavy atom. The molecule has 10 rings (SSSR count). The summed E-state index contributed by atoms with van der Waals surface area (Å²) in [6.07, 6.45) is 5.28. The average Bonchev–Trinajstić information content (AvgIpc) is 3.32. The number of aromatic nitrogens is 6. The lowest BCUT2D eigenvalue weighted by Gasteiger charge is -2.24.